The second-order valence-corrected chi connectivity index (χ2v) is 9.17. The van der Waals surface area contributed by atoms with Gasteiger partial charge in [-0.25, -0.2) is 9.97 Å². The van der Waals surface area contributed by atoms with Gasteiger partial charge in [-0.2, -0.15) is 0 Å². The van der Waals surface area contributed by atoms with E-state index in [1.54, 1.807) is 4.90 Å². The molecule has 1 aromatic carbocycles. The van der Waals surface area contributed by atoms with E-state index >= 15 is 0 Å². The summed E-state index contributed by atoms with van der Waals surface area (Å²) in [6, 6.07) is 10.1. The van der Waals surface area contributed by atoms with Crippen LogP contribution in [0.1, 0.15) is 55.3 Å². The number of carbonyl (C=O) groups excluding carboxylic acids is 2. The lowest BCUT2D eigenvalue weighted by molar-refractivity contribution is -0.136. The maximum Gasteiger partial charge on any atom is 0.240 e. The Morgan fingerprint density at radius 1 is 1.12 bits per heavy atom. The first-order chi connectivity index (χ1) is 16.0. The lowest BCUT2D eigenvalue weighted by Gasteiger charge is -2.31. The number of aromatic nitrogens is 2. The van der Waals surface area contributed by atoms with Gasteiger partial charge in [0.1, 0.15) is 11.6 Å². The maximum absolute atomic E-state index is 13.2. The van der Waals surface area contributed by atoms with Crippen molar-refractivity contribution in [1.82, 2.24) is 19.8 Å². The molecule has 2 aliphatic heterocycles. The summed E-state index contributed by atoms with van der Waals surface area (Å²) in [5, 5.41) is 0. The van der Waals surface area contributed by atoms with Crippen LogP contribution in [-0.2, 0) is 29.0 Å². The molecular weight excluding hydrogens is 414 g/mol. The molecule has 1 atom stereocenters. The summed E-state index contributed by atoms with van der Waals surface area (Å²) in [7, 11) is 1.83. The van der Waals surface area contributed by atoms with Gasteiger partial charge < -0.3 is 4.90 Å². The van der Waals surface area contributed by atoms with Crippen LogP contribution in [0.15, 0.2) is 30.3 Å². The number of aryl methyl sites for hydroxylation is 1. The summed E-state index contributed by atoms with van der Waals surface area (Å²) in [5.74, 6) is 1.54. The first-order valence-corrected chi connectivity index (χ1v) is 12.2. The highest BCUT2D eigenvalue weighted by Crippen LogP contribution is 2.28. The third-order valence-electron chi connectivity index (χ3n) is 6.86. The minimum Gasteiger partial charge on any atom is -0.337 e. The van der Waals surface area contributed by atoms with E-state index in [9.17, 15) is 9.59 Å². The van der Waals surface area contributed by atoms with E-state index in [2.05, 4.69) is 24.0 Å². The van der Waals surface area contributed by atoms with Gasteiger partial charge in [-0.15, -0.1) is 0 Å². The van der Waals surface area contributed by atoms with Crippen molar-refractivity contribution in [2.75, 3.05) is 31.6 Å². The Balaban J connectivity index is 1.52. The molecule has 0 saturated carbocycles. The van der Waals surface area contributed by atoms with Crippen molar-refractivity contribution in [3.05, 3.63) is 53.0 Å². The molecule has 0 spiro atoms. The number of fused-ring (bicyclic) bond motifs is 1. The maximum atomic E-state index is 13.2. The average molecular weight is 450 g/mol. The van der Waals surface area contributed by atoms with Gasteiger partial charge in [0.05, 0.1) is 12.6 Å². The lowest BCUT2D eigenvalue weighted by Crippen LogP contribution is -2.46. The van der Waals surface area contributed by atoms with E-state index in [4.69, 9.17) is 9.97 Å². The molecule has 0 bridgehead atoms. The molecule has 3 heterocycles. The summed E-state index contributed by atoms with van der Waals surface area (Å²) in [5.41, 5.74) is 3.14. The van der Waals surface area contributed by atoms with Crippen molar-refractivity contribution < 1.29 is 9.59 Å². The number of carbonyl (C=O) groups is 2. The van der Waals surface area contributed by atoms with Gasteiger partial charge in [0, 0.05) is 31.3 Å². The van der Waals surface area contributed by atoms with E-state index in [1.807, 2.05) is 37.1 Å². The molecule has 0 radical (unpaired) electrons. The first kappa shape index (κ1) is 23.4. The summed E-state index contributed by atoms with van der Waals surface area (Å²) in [6.45, 7) is 6.97. The predicted octanol–water partition coefficient (Wildman–Crippen LogP) is 3.14. The Kier molecular flexibility index (Phi) is 7.38. The quantitative estimate of drug-likeness (QED) is 0.619. The Morgan fingerprint density at radius 3 is 2.55 bits per heavy atom. The lowest BCUT2D eigenvalue weighted by atomic mass is 10.0. The molecule has 176 valence electrons. The summed E-state index contributed by atoms with van der Waals surface area (Å²) >= 11 is 0. The van der Waals surface area contributed by atoms with E-state index in [1.165, 1.54) is 5.56 Å². The molecule has 2 aromatic rings. The van der Waals surface area contributed by atoms with Crippen LogP contribution in [0.4, 0.5) is 5.82 Å². The van der Waals surface area contributed by atoms with Gasteiger partial charge in [0.25, 0.3) is 0 Å². The molecule has 7 nitrogen and oxygen atoms in total. The van der Waals surface area contributed by atoms with Crippen molar-refractivity contribution in [1.29, 1.82) is 0 Å². The molecule has 1 fully saturated rings. The zero-order chi connectivity index (χ0) is 23.4. The van der Waals surface area contributed by atoms with Crippen LogP contribution < -0.4 is 4.90 Å². The first-order valence-electron chi connectivity index (χ1n) is 12.2. The SMILES string of the molecule is CC[C@H](C(=O)N(C)Cc1nc(C)c2c(n1)N(CCc1ccccc1)C(=O)CC2)N1CCCC1. The van der Waals surface area contributed by atoms with E-state index in [-0.39, 0.29) is 17.9 Å². The van der Waals surface area contributed by atoms with Crippen LogP contribution in [0.2, 0.25) is 0 Å². The number of rotatable bonds is 8. The standard InChI is InChI=1S/C26H35N5O2/c1-4-22(30-15-8-9-16-30)26(33)29(3)18-23-27-19(2)21-12-13-24(32)31(25(21)28-23)17-14-20-10-6-5-7-11-20/h5-7,10-11,22H,4,8-9,12-18H2,1-3H3/t22-/m1/s1. The minimum absolute atomic E-state index is 0.0832. The molecule has 2 aliphatic rings. The molecule has 0 unspecified atom stereocenters. The number of benzene rings is 1. The van der Waals surface area contributed by atoms with Crippen molar-refractivity contribution in [3.8, 4) is 0 Å². The smallest absolute Gasteiger partial charge is 0.240 e. The monoisotopic (exact) mass is 449 g/mol. The molecule has 1 aromatic heterocycles. The number of nitrogens with zero attached hydrogens (tertiary/aromatic N) is 5. The zero-order valence-corrected chi connectivity index (χ0v) is 20.1. The predicted molar refractivity (Wildman–Crippen MR) is 129 cm³/mol. The molecule has 7 heteroatoms. The van der Waals surface area contributed by atoms with Gasteiger partial charge in [-0.3, -0.25) is 19.4 Å². The highest BCUT2D eigenvalue weighted by atomic mass is 16.2. The fourth-order valence-corrected chi connectivity index (χ4v) is 5.01. The third-order valence-corrected chi connectivity index (χ3v) is 6.86. The van der Waals surface area contributed by atoms with E-state index < -0.39 is 0 Å². The fourth-order valence-electron chi connectivity index (χ4n) is 5.01. The Bertz CT molecular complexity index is 988. The van der Waals surface area contributed by atoms with Crippen LogP contribution in [0.25, 0.3) is 0 Å². The summed E-state index contributed by atoms with van der Waals surface area (Å²) in [4.78, 5) is 41.4. The van der Waals surface area contributed by atoms with Crippen molar-refractivity contribution in [2.24, 2.45) is 0 Å². The third kappa shape index (κ3) is 5.24. The van der Waals surface area contributed by atoms with Gasteiger partial charge in [0.15, 0.2) is 0 Å². The second kappa shape index (κ2) is 10.4. The number of anilines is 1. The van der Waals surface area contributed by atoms with Crippen LogP contribution >= 0.6 is 0 Å². The number of likely N-dealkylation sites (N-methyl/N-ethyl adjacent to an activating group) is 1. The summed E-state index contributed by atoms with van der Waals surface area (Å²) < 4.78 is 0. The van der Waals surface area contributed by atoms with Crippen LogP contribution in [0.3, 0.4) is 0 Å². The molecule has 1 saturated heterocycles. The number of likely N-dealkylation sites (tertiary alicyclic amines) is 1. The van der Waals surface area contributed by atoms with E-state index in [0.717, 1.165) is 55.8 Å². The van der Waals surface area contributed by atoms with E-state index in [0.29, 0.717) is 31.8 Å². The van der Waals surface area contributed by atoms with Crippen LogP contribution in [0, 0.1) is 6.92 Å². The highest BCUT2D eigenvalue weighted by Gasteiger charge is 2.31. The molecule has 0 aliphatic carbocycles. The number of hydrogen-bond acceptors (Lipinski definition) is 5. The largest absolute Gasteiger partial charge is 0.337 e. The van der Waals surface area contributed by atoms with Crippen molar-refractivity contribution in [3.63, 3.8) is 0 Å². The Hall–Kier alpha value is -2.80. The van der Waals surface area contributed by atoms with Crippen LogP contribution in [-0.4, -0.2) is 64.3 Å². The summed E-state index contributed by atoms with van der Waals surface area (Å²) in [6.07, 6.45) is 5.05. The van der Waals surface area contributed by atoms with Crippen molar-refractivity contribution in [2.45, 2.75) is 65.0 Å². The molecule has 2 amide bonds. The van der Waals surface area contributed by atoms with Gasteiger partial charge in [0.2, 0.25) is 11.8 Å². The van der Waals surface area contributed by atoms with Gasteiger partial charge in [-0.05, 0) is 57.7 Å². The second-order valence-electron chi connectivity index (χ2n) is 9.17. The van der Waals surface area contributed by atoms with Crippen LogP contribution in [0.5, 0.6) is 0 Å². The Labute approximate surface area is 196 Å². The Morgan fingerprint density at radius 2 is 1.85 bits per heavy atom. The average Bonchev–Trinajstić information content (AvgIpc) is 3.34. The topological polar surface area (TPSA) is 69.6 Å². The normalized spacial score (nSPS) is 17.2. The number of amides is 2. The van der Waals surface area contributed by atoms with Gasteiger partial charge >= 0.3 is 0 Å². The fraction of sp³-hybridized carbons (Fsp3) is 0.538. The van der Waals surface area contributed by atoms with Crippen molar-refractivity contribution >= 4 is 17.6 Å². The van der Waals surface area contributed by atoms with Gasteiger partial charge in [-0.1, -0.05) is 37.3 Å². The zero-order valence-electron chi connectivity index (χ0n) is 20.1. The minimum atomic E-state index is -0.0832. The molecule has 0 N–H and O–H groups in total. The molecule has 33 heavy (non-hydrogen) atoms. The number of hydrogen-bond donors (Lipinski definition) is 0. The molecular formula is C26H35N5O2. The molecule has 4 rings (SSSR count). The highest BCUT2D eigenvalue weighted by molar-refractivity contribution is 5.95.